The highest BCUT2D eigenvalue weighted by Gasteiger charge is 1.97. The van der Waals surface area contributed by atoms with Crippen molar-refractivity contribution in [2.45, 2.75) is 0 Å². The number of carbonyl (C=O) groups is 2. The molecule has 2 N–H and O–H groups in total. The molecule has 0 fully saturated rings. The van der Waals surface area contributed by atoms with E-state index in [1.165, 1.54) is 0 Å². The number of nitrogen functional groups attached to an aromatic ring is 1. The minimum atomic E-state index is -0.872. The lowest BCUT2D eigenvalue weighted by atomic mass is 10.3. The quantitative estimate of drug-likeness (QED) is 0.662. The molecule has 0 heterocycles. The van der Waals surface area contributed by atoms with Crippen molar-refractivity contribution in [3.8, 4) is 0 Å². The summed E-state index contributed by atoms with van der Waals surface area (Å²) in [4.78, 5) is 20.3. The first-order chi connectivity index (χ1) is 8.10. The summed E-state index contributed by atoms with van der Waals surface area (Å²) in [5.41, 5.74) is 6.18. The summed E-state index contributed by atoms with van der Waals surface area (Å²) in [5.74, 6) is -1.74. The van der Waals surface area contributed by atoms with Crippen molar-refractivity contribution in [3.63, 3.8) is 0 Å². The zero-order chi connectivity index (χ0) is 13.1. The van der Waals surface area contributed by atoms with Crippen LogP contribution >= 0.6 is 23.7 Å². The van der Waals surface area contributed by atoms with Gasteiger partial charge >= 0.3 is 11.9 Å². The second-order valence-electron chi connectivity index (χ2n) is 2.54. The molecule has 7 heteroatoms. The van der Waals surface area contributed by atoms with Gasteiger partial charge in [0, 0.05) is 17.8 Å². The number of carbonyl (C=O) groups excluding carboxylic acids is 2. The molecule has 0 aromatic heterocycles. The van der Waals surface area contributed by atoms with E-state index in [9.17, 15) is 9.59 Å². The Morgan fingerprint density at radius 1 is 1.00 bits per heavy atom. The fourth-order valence-electron chi connectivity index (χ4n) is 0.641. The Kier molecular flexibility index (Phi) is 8.54. The van der Waals surface area contributed by atoms with Gasteiger partial charge in [-0.2, -0.15) is 0 Å². The Hall–Kier alpha value is -1.72. The van der Waals surface area contributed by atoms with Crippen molar-refractivity contribution < 1.29 is 18.2 Å². The highest BCUT2D eigenvalue weighted by molar-refractivity contribution is 6.16. The predicted octanol–water partition coefficient (Wildman–Crippen LogP) is 2.21. The minimum Gasteiger partial charge on any atom is -0.399 e. The summed E-state index contributed by atoms with van der Waals surface area (Å²) in [6, 6.07) is 9.49. The molecule has 0 aliphatic heterocycles. The fraction of sp³-hybridized carbons (Fsp3) is 0. The number of anilines is 1. The minimum absolute atomic E-state index is 0.776. The summed E-state index contributed by atoms with van der Waals surface area (Å²) in [6.07, 6.45) is 1.55. The average Bonchev–Trinajstić information content (AvgIpc) is 2.37. The van der Waals surface area contributed by atoms with E-state index in [0.717, 1.165) is 17.8 Å². The van der Waals surface area contributed by atoms with E-state index >= 15 is 0 Å². The molecule has 0 unspecified atom stereocenters. The van der Waals surface area contributed by atoms with Crippen molar-refractivity contribution in [2.24, 2.45) is 0 Å². The van der Waals surface area contributed by atoms with Gasteiger partial charge in [0.2, 0.25) is 0 Å². The molecular weight excluding hydrogens is 269 g/mol. The largest absolute Gasteiger partial charge is 0.399 e. The first-order valence-corrected chi connectivity index (χ1v) is 4.85. The van der Waals surface area contributed by atoms with Crippen LogP contribution in [0, 0.1) is 0 Å². The van der Waals surface area contributed by atoms with Crippen molar-refractivity contribution in [1.29, 1.82) is 0 Å². The molecule has 0 bridgehead atoms. The van der Waals surface area contributed by atoms with Crippen molar-refractivity contribution >= 4 is 41.4 Å². The van der Waals surface area contributed by atoms with Crippen LogP contribution in [0.5, 0.6) is 0 Å². The van der Waals surface area contributed by atoms with Gasteiger partial charge in [-0.25, -0.2) is 9.59 Å². The lowest BCUT2D eigenvalue weighted by Crippen LogP contribution is -1.94. The standard InChI is InChI=1S/C6H7N.C4H2Cl2O4/c7-6-4-2-1-3-5-6;5-9-3(7)1-2-4(8)10-6/h1-5H,7H2;1-2H/b;2-1-. The van der Waals surface area contributed by atoms with Gasteiger partial charge in [-0.3, -0.25) is 0 Å². The lowest BCUT2D eigenvalue weighted by Gasteiger charge is -1.84. The summed E-state index contributed by atoms with van der Waals surface area (Å²) < 4.78 is 7.28. The maximum atomic E-state index is 10.1. The summed E-state index contributed by atoms with van der Waals surface area (Å²) in [6.45, 7) is 0. The molecule has 0 atom stereocenters. The van der Waals surface area contributed by atoms with Crippen LogP contribution in [0.2, 0.25) is 0 Å². The zero-order valence-electron chi connectivity index (χ0n) is 8.51. The smallest absolute Gasteiger partial charge is 0.349 e. The van der Waals surface area contributed by atoms with Crippen LogP contribution < -0.4 is 5.73 Å². The highest BCUT2D eigenvalue weighted by Crippen LogP contribution is 1.95. The number of halogens is 2. The molecule has 1 aromatic carbocycles. The zero-order valence-corrected chi connectivity index (χ0v) is 10.0. The predicted molar refractivity (Wildman–Crippen MR) is 63.9 cm³/mol. The second-order valence-corrected chi connectivity index (χ2v) is 2.84. The third-order valence-corrected chi connectivity index (χ3v) is 1.61. The highest BCUT2D eigenvalue weighted by atomic mass is 35.5. The molecule has 0 radical (unpaired) electrons. The van der Waals surface area contributed by atoms with Crippen molar-refractivity contribution in [3.05, 3.63) is 42.5 Å². The number of benzene rings is 1. The molecule has 0 saturated carbocycles. The number of rotatable bonds is 2. The van der Waals surface area contributed by atoms with Gasteiger partial charge in [0.25, 0.3) is 0 Å². The van der Waals surface area contributed by atoms with Crippen LogP contribution in [0.1, 0.15) is 0 Å². The first kappa shape index (κ1) is 15.3. The van der Waals surface area contributed by atoms with Gasteiger partial charge in [0.05, 0.1) is 0 Å². The molecule has 0 aliphatic carbocycles. The molecule has 0 amide bonds. The van der Waals surface area contributed by atoms with Crippen molar-refractivity contribution in [2.75, 3.05) is 5.73 Å². The molecular formula is C10H9Cl2NO4. The van der Waals surface area contributed by atoms with E-state index in [1.807, 2.05) is 30.3 Å². The number of para-hydroxylation sites is 1. The summed E-state index contributed by atoms with van der Waals surface area (Å²) >= 11 is 9.19. The molecule has 92 valence electrons. The second kappa shape index (κ2) is 9.50. The Morgan fingerprint density at radius 3 is 1.65 bits per heavy atom. The monoisotopic (exact) mass is 277 g/mol. The normalized spacial score (nSPS) is 9.06. The lowest BCUT2D eigenvalue weighted by molar-refractivity contribution is -0.131. The van der Waals surface area contributed by atoms with E-state index in [2.05, 4.69) is 32.3 Å². The molecule has 17 heavy (non-hydrogen) atoms. The third-order valence-electron chi connectivity index (χ3n) is 1.31. The SMILES string of the molecule is Nc1ccccc1.O=C(/C=C\C(=O)OCl)OCl. The van der Waals surface area contributed by atoms with Gasteiger partial charge in [-0.15, -0.1) is 0 Å². The maximum absolute atomic E-state index is 10.1. The topological polar surface area (TPSA) is 78.6 Å². The van der Waals surface area contributed by atoms with Crippen LogP contribution in [0.15, 0.2) is 42.5 Å². The van der Waals surface area contributed by atoms with E-state index in [4.69, 9.17) is 5.73 Å². The molecule has 0 saturated heterocycles. The Morgan fingerprint density at radius 2 is 1.41 bits per heavy atom. The van der Waals surface area contributed by atoms with E-state index in [1.54, 1.807) is 0 Å². The van der Waals surface area contributed by atoms with Crippen LogP contribution in [0.4, 0.5) is 5.69 Å². The molecule has 1 aromatic rings. The van der Waals surface area contributed by atoms with Gasteiger partial charge in [-0.1, -0.05) is 18.2 Å². The first-order valence-electron chi connectivity index (χ1n) is 4.24. The molecule has 1 rings (SSSR count). The summed E-state index contributed by atoms with van der Waals surface area (Å²) in [7, 11) is 0. The Balaban J connectivity index is 0.000000318. The van der Waals surface area contributed by atoms with Crippen LogP contribution in [-0.2, 0) is 18.2 Å². The third kappa shape index (κ3) is 9.22. The number of hydrogen-bond donors (Lipinski definition) is 1. The summed E-state index contributed by atoms with van der Waals surface area (Å²) in [5, 5.41) is 0. The van der Waals surface area contributed by atoms with Gasteiger partial charge in [0.15, 0.2) is 0 Å². The Labute approximate surface area is 108 Å². The van der Waals surface area contributed by atoms with Crippen LogP contribution in [0.3, 0.4) is 0 Å². The van der Waals surface area contributed by atoms with Crippen LogP contribution in [0.25, 0.3) is 0 Å². The number of nitrogens with two attached hydrogens (primary N) is 1. The average molecular weight is 278 g/mol. The van der Waals surface area contributed by atoms with Crippen molar-refractivity contribution in [1.82, 2.24) is 0 Å². The van der Waals surface area contributed by atoms with E-state index in [0.29, 0.717) is 0 Å². The molecule has 0 aliphatic rings. The van der Waals surface area contributed by atoms with Gasteiger partial charge < -0.3 is 14.3 Å². The van der Waals surface area contributed by atoms with Gasteiger partial charge in [-0.05, 0) is 12.1 Å². The Bertz CT molecular complexity index is 363. The number of hydrogen-bond acceptors (Lipinski definition) is 5. The maximum Gasteiger partial charge on any atom is 0.349 e. The molecule has 5 nitrogen and oxygen atoms in total. The van der Waals surface area contributed by atoms with E-state index in [-0.39, 0.29) is 0 Å². The fourth-order valence-corrected chi connectivity index (χ4v) is 0.743. The van der Waals surface area contributed by atoms with Gasteiger partial charge in [0.1, 0.15) is 23.7 Å². The van der Waals surface area contributed by atoms with Crippen LogP contribution in [-0.4, -0.2) is 11.9 Å². The molecule has 0 spiro atoms. The van der Waals surface area contributed by atoms with E-state index < -0.39 is 11.9 Å².